The van der Waals surface area contributed by atoms with Gasteiger partial charge in [0.1, 0.15) is 0 Å². The molecule has 4 nitrogen and oxygen atoms in total. The lowest BCUT2D eigenvalue weighted by atomic mass is 9.96. The Balaban J connectivity index is 1.38. The van der Waals surface area contributed by atoms with Gasteiger partial charge in [0.25, 0.3) is 0 Å². The lowest BCUT2D eigenvalue weighted by molar-refractivity contribution is 0.0719. The standard InChI is InChI=1S/C22H35N3O/c1-19-13-14-21(24-16-8-3-9-17-24)18-25(19)22(26)23-15-7-6-12-20-10-4-2-5-11-20/h2,4-5,10-11,19,21H,3,6-9,12-18H2,1H3,(H,23,26). The molecule has 144 valence electrons. The van der Waals surface area contributed by atoms with Gasteiger partial charge in [-0.2, -0.15) is 0 Å². The highest BCUT2D eigenvalue weighted by atomic mass is 16.2. The van der Waals surface area contributed by atoms with Crippen LogP contribution in [0.4, 0.5) is 4.79 Å². The molecule has 0 bridgehead atoms. The van der Waals surface area contributed by atoms with Crippen molar-refractivity contribution in [1.82, 2.24) is 15.1 Å². The van der Waals surface area contributed by atoms with E-state index in [0.717, 1.165) is 38.8 Å². The summed E-state index contributed by atoms with van der Waals surface area (Å²) >= 11 is 0. The molecule has 26 heavy (non-hydrogen) atoms. The van der Waals surface area contributed by atoms with Crippen LogP contribution in [-0.4, -0.2) is 54.1 Å². The fraction of sp³-hybridized carbons (Fsp3) is 0.682. The van der Waals surface area contributed by atoms with Crippen LogP contribution in [0.25, 0.3) is 0 Å². The zero-order valence-electron chi connectivity index (χ0n) is 16.3. The van der Waals surface area contributed by atoms with Gasteiger partial charge in [0.05, 0.1) is 0 Å². The molecule has 2 aliphatic rings. The van der Waals surface area contributed by atoms with E-state index in [9.17, 15) is 4.79 Å². The molecule has 0 aromatic heterocycles. The van der Waals surface area contributed by atoms with E-state index in [1.54, 1.807) is 0 Å². The van der Waals surface area contributed by atoms with Crippen LogP contribution in [-0.2, 0) is 6.42 Å². The molecule has 2 heterocycles. The second kappa shape index (κ2) is 9.96. The van der Waals surface area contributed by atoms with E-state index in [4.69, 9.17) is 0 Å². The average Bonchev–Trinajstić information content (AvgIpc) is 2.69. The molecule has 0 radical (unpaired) electrons. The lowest BCUT2D eigenvalue weighted by Crippen LogP contribution is -2.56. The maximum absolute atomic E-state index is 12.7. The molecule has 0 saturated carbocycles. The summed E-state index contributed by atoms with van der Waals surface area (Å²) in [5, 5.41) is 3.16. The first-order chi connectivity index (χ1) is 12.7. The van der Waals surface area contributed by atoms with Gasteiger partial charge in [-0.3, -0.25) is 4.90 Å². The molecule has 2 atom stereocenters. The molecule has 1 aromatic carbocycles. The Morgan fingerprint density at radius 1 is 1.08 bits per heavy atom. The molecule has 3 rings (SSSR count). The van der Waals surface area contributed by atoms with Crippen molar-refractivity contribution in [2.75, 3.05) is 26.2 Å². The summed E-state index contributed by atoms with van der Waals surface area (Å²) in [4.78, 5) is 17.4. The highest BCUT2D eigenvalue weighted by molar-refractivity contribution is 5.74. The Bertz CT molecular complexity index is 542. The van der Waals surface area contributed by atoms with Gasteiger partial charge < -0.3 is 10.2 Å². The number of nitrogens with zero attached hydrogens (tertiary/aromatic N) is 2. The molecule has 4 heteroatoms. The van der Waals surface area contributed by atoms with E-state index >= 15 is 0 Å². The number of carbonyl (C=O) groups excluding carboxylic acids is 1. The number of amides is 2. The average molecular weight is 358 g/mol. The minimum absolute atomic E-state index is 0.138. The summed E-state index contributed by atoms with van der Waals surface area (Å²) in [6.45, 7) is 6.31. The lowest BCUT2D eigenvalue weighted by Gasteiger charge is -2.43. The van der Waals surface area contributed by atoms with Crippen molar-refractivity contribution in [3.63, 3.8) is 0 Å². The first-order valence-electron chi connectivity index (χ1n) is 10.6. The minimum Gasteiger partial charge on any atom is -0.338 e. The number of aryl methyl sites for hydroxylation is 1. The van der Waals surface area contributed by atoms with Gasteiger partial charge in [-0.05, 0) is 70.5 Å². The number of hydrogen-bond acceptors (Lipinski definition) is 2. The van der Waals surface area contributed by atoms with Crippen LogP contribution in [0.1, 0.15) is 57.4 Å². The Kier molecular flexibility index (Phi) is 7.36. The van der Waals surface area contributed by atoms with Crippen LogP contribution < -0.4 is 5.32 Å². The summed E-state index contributed by atoms with van der Waals surface area (Å²) < 4.78 is 0. The molecular formula is C22H35N3O. The van der Waals surface area contributed by atoms with Crippen molar-refractivity contribution in [2.24, 2.45) is 0 Å². The van der Waals surface area contributed by atoms with E-state index < -0.39 is 0 Å². The summed E-state index contributed by atoms with van der Waals surface area (Å²) in [6, 6.07) is 11.7. The number of hydrogen-bond donors (Lipinski definition) is 1. The molecule has 2 amide bonds. The number of piperidine rings is 2. The third-order valence-corrected chi connectivity index (χ3v) is 6.04. The summed E-state index contributed by atoms with van der Waals surface area (Å²) in [6.07, 6.45) is 9.62. The number of nitrogens with one attached hydrogen (secondary N) is 1. The Morgan fingerprint density at radius 2 is 1.85 bits per heavy atom. The van der Waals surface area contributed by atoms with Gasteiger partial charge >= 0.3 is 6.03 Å². The third kappa shape index (κ3) is 5.47. The molecule has 0 aliphatic carbocycles. The van der Waals surface area contributed by atoms with Crippen molar-refractivity contribution < 1.29 is 4.79 Å². The maximum atomic E-state index is 12.7. The van der Waals surface area contributed by atoms with Crippen LogP contribution in [0.15, 0.2) is 30.3 Å². The number of benzene rings is 1. The molecule has 2 aliphatic heterocycles. The fourth-order valence-electron chi connectivity index (χ4n) is 4.35. The van der Waals surface area contributed by atoms with Crippen molar-refractivity contribution >= 4 is 6.03 Å². The molecule has 2 saturated heterocycles. The summed E-state index contributed by atoms with van der Waals surface area (Å²) in [7, 11) is 0. The predicted octanol–water partition coefficient (Wildman–Crippen LogP) is 4.06. The maximum Gasteiger partial charge on any atom is 0.317 e. The van der Waals surface area contributed by atoms with E-state index in [2.05, 4.69) is 52.4 Å². The number of rotatable bonds is 6. The van der Waals surface area contributed by atoms with Crippen LogP contribution in [0.5, 0.6) is 0 Å². The normalized spacial score (nSPS) is 24.4. The van der Waals surface area contributed by atoms with E-state index in [-0.39, 0.29) is 6.03 Å². The fourth-order valence-corrected chi connectivity index (χ4v) is 4.35. The minimum atomic E-state index is 0.138. The topological polar surface area (TPSA) is 35.6 Å². The number of likely N-dealkylation sites (tertiary alicyclic amines) is 2. The van der Waals surface area contributed by atoms with Gasteiger partial charge in [0.15, 0.2) is 0 Å². The second-order valence-electron chi connectivity index (χ2n) is 8.00. The van der Waals surface area contributed by atoms with E-state index in [1.807, 2.05) is 0 Å². The molecule has 0 spiro atoms. The molecule has 1 aromatic rings. The second-order valence-corrected chi connectivity index (χ2v) is 8.00. The highest BCUT2D eigenvalue weighted by Gasteiger charge is 2.32. The van der Waals surface area contributed by atoms with Crippen LogP contribution >= 0.6 is 0 Å². The third-order valence-electron chi connectivity index (χ3n) is 6.04. The summed E-state index contributed by atoms with van der Waals surface area (Å²) in [5.41, 5.74) is 1.38. The van der Waals surface area contributed by atoms with Crippen LogP contribution in [0.3, 0.4) is 0 Å². The van der Waals surface area contributed by atoms with Crippen LogP contribution in [0.2, 0.25) is 0 Å². The zero-order chi connectivity index (χ0) is 18.2. The van der Waals surface area contributed by atoms with Gasteiger partial charge in [0, 0.05) is 25.2 Å². The summed E-state index contributed by atoms with van der Waals surface area (Å²) in [5.74, 6) is 0. The Labute approximate surface area is 158 Å². The molecule has 1 N–H and O–H groups in total. The highest BCUT2D eigenvalue weighted by Crippen LogP contribution is 2.23. The smallest absolute Gasteiger partial charge is 0.317 e. The Morgan fingerprint density at radius 3 is 2.62 bits per heavy atom. The van der Waals surface area contributed by atoms with Gasteiger partial charge in [-0.1, -0.05) is 36.8 Å². The monoisotopic (exact) mass is 357 g/mol. The number of carbonyl (C=O) groups is 1. The first kappa shape index (κ1) is 19.2. The van der Waals surface area contributed by atoms with Crippen molar-refractivity contribution in [2.45, 2.75) is 70.4 Å². The van der Waals surface area contributed by atoms with Gasteiger partial charge in [-0.25, -0.2) is 4.79 Å². The quantitative estimate of drug-likeness (QED) is 0.780. The molecule has 2 unspecified atom stereocenters. The largest absolute Gasteiger partial charge is 0.338 e. The van der Waals surface area contributed by atoms with Crippen LogP contribution in [0, 0.1) is 0 Å². The first-order valence-corrected chi connectivity index (χ1v) is 10.6. The van der Waals surface area contributed by atoms with E-state index in [1.165, 1.54) is 44.3 Å². The van der Waals surface area contributed by atoms with E-state index in [0.29, 0.717) is 12.1 Å². The van der Waals surface area contributed by atoms with Gasteiger partial charge in [0.2, 0.25) is 0 Å². The number of unbranched alkanes of at least 4 members (excludes halogenated alkanes) is 1. The van der Waals surface area contributed by atoms with Crippen molar-refractivity contribution in [3.8, 4) is 0 Å². The van der Waals surface area contributed by atoms with Crippen molar-refractivity contribution in [1.29, 1.82) is 0 Å². The predicted molar refractivity (Wildman–Crippen MR) is 107 cm³/mol. The molecule has 2 fully saturated rings. The zero-order valence-corrected chi connectivity index (χ0v) is 16.3. The number of urea groups is 1. The molecular weight excluding hydrogens is 322 g/mol. The SMILES string of the molecule is CC1CCC(N2CCCCC2)CN1C(=O)NCCCCc1ccccc1. The van der Waals surface area contributed by atoms with Gasteiger partial charge in [-0.15, -0.1) is 0 Å². The Hall–Kier alpha value is -1.55. The van der Waals surface area contributed by atoms with Crippen molar-refractivity contribution in [3.05, 3.63) is 35.9 Å².